The first-order valence-electron chi connectivity index (χ1n) is 9.94. The number of guanidine groups is 1. The number of aromatic nitrogens is 2. The highest BCUT2D eigenvalue weighted by atomic mass is 16.5. The van der Waals surface area contributed by atoms with E-state index in [9.17, 15) is 4.79 Å². The Hall–Kier alpha value is -3.61. The number of anilines is 1. The molecule has 7 nitrogen and oxygen atoms in total. The average molecular weight is 406 g/mol. The summed E-state index contributed by atoms with van der Waals surface area (Å²) in [6, 6.07) is 16.5. The van der Waals surface area contributed by atoms with Crippen LogP contribution in [0.5, 0.6) is 5.75 Å². The molecule has 0 saturated heterocycles. The molecule has 2 N–H and O–H groups in total. The number of nitrogens with zero attached hydrogens (tertiary/aromatic N) is 3. The fourth-order valence-electron chi connectivity index (χ4n) is 2.98. The predicted molar refractivity (Wildman–Crippen MR) is 119 cm³/mol. The fourth-order valence-corrected chi connectivity index (χ4v) is 2.98. The first-order chi connectivity index (χ1) is 14.6. The Labute approximate surface area is 176 Å². The van der Waals surface area contributed by atoms with Crippen molar-refractivity contribution in [2.45, 2.75) is 33.4 Å². The summed E-state index contributed by atoms with van der Waals surface area (Å²) in [7, 11) is 1.60. The fraction of sp³-hybridized carbons (Fsp3) is 0.261. The van der Waals surface area contributed by atoms with Gasteiger partial charge < -0.3 is 10.1 Å². The van der Waals surface area contributed by atoms with Gasteiger partial charge in [-0.1, -0.05) is 37.3 Å². The number of aliphatic imine (C=N–C) groups is 1. The molecule has 0 spiro atoms. The van der Waals surface area contributed by atoms with Crippen molar-refractivity contribution < 1.29 is 9.53 Å². The maximum Gasteiger partial charge on any atom is 0.257 e. The summed E-state index contributed by atoms with van der Waals surface area (Å²) in [5.41, 5.74) is 3.21. The van der Waals surface area contributed by atoms with E-state index in [0.717, 1.165) is 24.2 Å². The lowest BCUT2D eigenvalue weighted by Crippen LogP contribution is -2.36. The van der Waals surface area contributed by atoms with E-state index in [1.165, 1.54) is 0 Å². The standard InChI is InChI=1S/C23H27N5O2/c1-4-14-28-16-19(17(2)27-28)15-24-23(25-20-12-8-9-13-21(20)30-3)26-22(29)18-10-6-5-7-11-18/h5-13,16H,4,14-15H2,1-3H3,(H2,24,25,26,29). The number of rotatable bonds is 7. The summed E-state index contributed by atoms with van der Waals surface area (Å²) in [6.45, 7) is 5.33. The highest BCUT2D eigenvalue weighted by Crippen LogP contribution is 2.23. The molecule has 0 aliphatic heterocycles. The van der Waals surface area contributed by atoms with E-state index in [1.807, 2.05) is 60.3 Å². The third-order valence-corrected chi connectivity index (χ3v) is 4.54. The van der Waals surface area contributed by atoms with Crippen LogP contribution in [0.1, 0.15) is 35.0 Å². The van der Waals surface area contributed by atoms with E-state index >= 15 is 0 Å². The zero-order valence-corrected chi connectivity index (χ0v) is 17.6. The molecule has 0 bridgehead atoms. The number of ether oxygens (including phenoxy) is 1. The lowest BCUT2D eigenvalue weighted by molar-refractivity contribution is 0.0977. The number of aryl methyl sites for hydroxylation is 2. The van der Waals surface area contributed by atoms with Gasteiger partial charge in [-0.15, -0.1) is 0 Å². The number of benzene rings is 2. The average Bonchev–Trinajstić information content (AvgIpc) is 3.12. The Kier molecular flexibility index (Phi) is 7.21. The number of hydrogen-bond acceptors (Lipinski definition) is 4. The zero-order chi connectivity index (χ0) is 21.3. The van der Waals surface area contributed by atoms with Gasteiger partial charge in [-0.05, 0) is 37.6 Å². The van der Waals surface area contributed by atoms with Crippen molar-refractivity contribution in [3.8, 4) is 5.75 Å². The van der Waals surface area contributed by atoms with Crippen LogP contribution in [-0.4, -0.2) is 28.8 Å². The van der Waals surface area contributed by atoms with Gasteiger partial charge >= 0.3 is 0 Å². The molecular formula is C23H27N5O2. The van der Waals surface area contributed by atoms with Crippen molar-refractivity contribution in [2.75, 3.05) is 12.4 Å². The molecule has 0 saturated carbocycles. The summed E-state index contributed by atoms with van der Waals surface area (Å²) >= 11 is 0. The van der Waals surface area contributed by atoms with Crippen LogP contribution in [0.25, 0.3) is 0 Å². The smallest absolute Gasteiger partial charge is 0.257 e. The van der Waals surface area contributed by atoms with E-state index in [-0.39, 0.29) is 5.91 Å². The molecule has 0 aliphatic rings. The Morgan fingerprint density at radius 2 is 1.87 bits per heavy atom. The number of carbonyl (C=O) groups excluding carboxylic acids is 1. The van der Waals surface area contributed by atoms with Crippen molar-refractivity contribution in [3.05, 3.63) is 77.6 Å². The minimum atomic E-state index is -0.241. The van der Waals surface area contributed by atoms with E-state index in [2.05, 4.69) is 27.6 Å². The third-order valence-electron chi connectivity index (χ3n) is 4.54. The summed E-state index contributed by atoms with van der Waals surface area (Å²) < 4.78 is 7.33. The van der Waals surface area contributed by atoms with Crippen LogP contribution in [-0.2, 0) is 13.1 Å². The van der Waals surface area contributed by atoms with E-state index in [4.69, 9.17) is 4.74 Å². The van der Waals surface area contributed by atoms with Crippen LogP contribution >= 0.6 is 0 Å². The summed E-state index contributed by atoms with van der Waals surface area (Å²) in [5, 5.41) is 10.6. The minimum Gasteiger partial charge on any atom is -0.495 e. The largest absolute Gasteiger partial charge is 0.495 e. The van der Waals surface area contributed by atoms with Crippen LogP contribution in [0, 0.1) is 6.92 Å². The van der Waals surface area contributed by atoms with Crippen LogP contribution < -0.4 is 15.4 Å². The second kappa shape index (κ2) is 10.2. The molecule has 0 radical (unpaired) electrons. The van der Waals surface area contributed by atoms with Crippen molar-refractivity contribution in [1.29, 1.82) is 0 Å². The maximum atomic E-state index is 12.7. The van der Waals surface area contributed by atoms with Gasteiger partial charge in [0.15, 0.2) is 0 Å². The van der Waals surface area contributed by atoms with Gasteiger partial charge in [-0.3, -0.25) is 14.8 Å². The Morgan fingerprint density at radius 1 is 1.13 bits per heavy atom. The van der Waals surface area contributed by atoms with Gasteiger partial charge in [0, 0.05) is 23.9 Å². The molecule has 2 aromatic carbocycles. The van der Waals surface area contributed by atoms with Crippen LogP contribution in [0.15, 0.2) is 65.8 Å². The van der Waals surface area contributed by atoms with E-state index in [0.29, 0.717) is 29.5 Å². The molecule has 0 atom stereocenters. The quantitative estimate of drug-likeness (QED) is 0.460. The normalized spacial score (nSPS) is 11.2. The lowest BCUT2D eigenvalue weighted by atomic mass is 10.2. The highest BCUT2D eigenvalue weighted by molar-refractivity contribution is 6.10. The number of hydrogen-bond donors (Lipinski definition) is 2. The Bertz CT molecular complexity index is 1010. The van der Waals surface area contributed by atoms with Gasteiger partial charge in [-0.2, -0.15) is 5.10 Å². The highest BCUT2D eigenvalue weighted by Gasteiger charge is 2.12. The van der Waals surface area contributed by atoms with Crippen LogP contribution in [0.4, 0.5) is 5.69 Å². The van der Waals surface area contributed by atoms with Gasteiger partial charge in [-0.25, -0.2) is 4.99 Å². The first kappa shape index (κ1) is 21.1. The SMILES string of the molecule is CCCn1cc(CN=C(NC(=O)c2ccccc2)Nc2ccccc2OC)c(C)n1. The molecule has 0 aliphatic carbocycles. The number of carbonyl (C=O) groups is 1. The summed E-state index contributed by atoms with van der Waals surface area (Å²) in [6.07, 6.45) is 3.01. The number of para-hydroxylation sites is 2. The molecule has 7 heteroatoms. The zero-order valence-electron chi connectivity index (χ0n) is 17.6. The van der Waals surface area contributed by atoms with Crippen LogP contribution in [0.3, 0.4) is 0 Å². The molecule has 156 valence electrons. The topological polar surface area (TPSA) is 80.5 Å². The maximum absolute atomic E-state index is 12.7. The van der Waals surface area contributed by atoms with E-state index < -0.39 is 0 Å². The van der Waals surface area contributed by atoms with Crippen LogP contribution in [0.2, 0.25) is 0 Å². The molecule has 1 heterocycles. The molecule has 1 aromatic heterocycles. The Morgan fingerprint density at radius 3 is 2.60 bits per heavy atom. The molecule has 0 unspecified atom stereocenters. The monoisotopic (exact) mass is 405 g/mol. The molecule has 3 aromatic rings. The first-order valence-corrected chi connectivity index (χ1v) is 9.94. The molecule has 3 rings (SSSR count). The van der Waals surface area contributed by atoms with Crippen molar-refractivity contribution in [3.63, 3.8) is 0 Å². The predicted octanol–water partition coefficient (Wildman–Crippen LogP) is 4.01. The molecular weight excluding hydrogens is 378 g/mol. The van der Waals surface area contributed by atoms with Gasteiger partial charge in [0.1, 0.15) is 5.75 Å². The molecule has 1 amide bonds. The van der Waals surface area contributed by atoms with Crippen molar-refractivity contribution in [1.82, 2.24) is 15.1 Å². The second-order valence-corrected chi connectivity index (χ2v) is 6.81. The molecule has 30 heavy (non-hydrogen) atoms. The van der Waals surface area contributed by atoms with Gasteiger partial charge in [0.2, 0.25) is 5.96 Å². The Balaban J connectivity index is 1.84. The van der Waals surface area contributed by atoms with Crippen molar-refractivity contribution in [2.24, 2.45) is 4.99 Å². The minimum absolute atomic E-state index is 0.241. The summed E-state index contributed by atoms with van der Waals surface area (Å²) in [4.78, 5) is 17.3. The number of amides is 1. The third kappa shape index (κ3) is 5.47. The molecule has 0 fully saturated rings. The van der Waals surface area contributed by atoms with Gasteiger partial charge in [0.05, 0.1) is 25.0 Å². The number of methoxy groups -OCH3 is 1. The van der Waals surface area contributed by atoms with E-state index in [1.54, 1.807) is 19.2 Å². The van der Waals surface area contributed by atoms with Gasteiger partial charge in [0.25, 0.3) is 5.91 Å². The number of nitrogens with one attached hydrogen (secondary N) is 2. The second-order valence-electron chi connectivity index (χ2n) is 6.81. The summed E-state index contributed by atoms with van der Waals surface area (Å²) in [5.74, 6) is 0.761. The van der Waals surface area contributed by atoms with Crippen molar-refractivity contribution >= 4 is 17.6 Å². The lowest BCUT2D eigenvalue weighted by Gasteiger charge is -2.14.